The number of hydrogen-bond donors (Lipinski definition) is 2. The smallest absolute Gasteiger partial charge is 0.263 e. The van der Waals surface area contributed by atoms with Gasteiger partial charge in [-0.15, -0.1) is 11.3 Å². The van der Waals surface area contributed by atoms with Crippen molar-refractivity contribution in [1.29, 1.82) is 0 Å². The van der Waals surface area contributed by atoms with Gasteiger partial charge in [-0.3, -0.25) is 4.79 Å². The third-order valence-corrected chi connectivity index (χ3v) is 4.95. The molecule has 5 heteroatoms. The number of halogens is 1. The molecule has 0 atom stereocenters. The predicted octanol–water partition coefficient (Wildman–Crippen LogP) is 3.30. The molecule has 1 aromatic heterocycles. The summed E-state index contributed by atoms with van der Waals surface area (Å²) >= 11 is 1.31. The molecule has 3 rings (SSSR count). The van der Waals surface area contributed by atoms with Gasteiger partial charge in [0, 0.05) is 15.6 Å². The van der Waals surface area contributed by atoms with Crippen LogP contribution in [0.15, 0.2) is 18.2 Å². The summed E-state index contributed by atoms with van der Waals surface area (Å²) in [6.07, 6.45) is 3.14. The van der Waals surface area contributed by atoms with E-state index < -0.39 is 0 Å². The molecule has 1 saturated carbocycles. The lowest BCUT2D eigenvalue weighted by atomic mass is 9.78. The molecule has 19 heavy (non-hydrogen) atoms. The van der Waals surface area contributed by atoms with Crippen LogP contribution in [0.25, 0.3) is 10.1 Å². The van der Waals surface area contributed by atoms with Gasteiger partial charge in [0.1, 0.15) is 10.7 Å². The molecule has 1 aliphatic carbocycles. The number of hydrogen-bond acceptors (Lipinski definition) is 3. The molecule has 1 fully saturated rings. The number of nitrogens with one attached hydrogen (secondary N) is 1. The summed E-state index contributed by atoms with van der Waals surface area (Å²) in [7, 11) is 0. The van der Waals surface area contributed by atoms with Crippen molar-refractivity contribution in [2.75, 3.05) is 5.73 Å². The van der Waals surface area contributed by atoms with Crippen LogP contribution in [0.4, 0.5) is 10.1 Å². The van der Waals surface area contributed by atoms with Crippen molar-refractivity contribution in [3.63, 3.8) is 0 Å². The fraction of sp³-hybridized carbons (Fsp3) is 0.357. The average Bonchev–Trinajstić information content (AvgIpc) is 2.65. The van der Waals surface area contributed by atoms with Gasteiger partial charge in [0.25, 0.3) is 5.91 Å². The van der Waals surface area contributed by atoms with Crippen molar-refractivity contribution in [2.24, 2.45) is 0 Å². The quantitative estimate of drug-likeness (QED) is 0.885. The van der Waals surface area contributed by atoms with Gasteiger partial charge in [0.15, 0.2) is 0 Å². The molecule has 0 unspecified atom stereocenters. The Kier molecular flexibility index (Phi) is 2.74. The highest BCUT2D eigenvalue weighted by Crippen LogP contribution is 2.36. The number of thiophene rings is 1. The van der Waals surface area contributed by atoms with Crippen LogP contribution in [0.2, 0.25) is 0 Å². The van der Waals surface area contributed by atoms with Gasteiger partial charge < -0.3 is 11.1 Å². The third kappa shape index (κ3) is 2.08. The number of nitrogens with two attached hydrogens (primary N) is 1. The van der Waals surface area contributed by atoms with E-state index in [0.717, 1.165) is 24.0 Å². The Morgan fingerprint density at radius 3 is 2.84 bits per heavy atom. The van der Waals surface area contributed by atoms with E-state index in [4.69, 9.17) is 5.73 Å². The summed E-state index contributed by atoms with van der Waals surface area (Å²) in [5.41, 5.74) is 6.24. The summed E-state index contributed by atoms with van der Waals surface area (Å²) in [6, 6.07) is 4.42. The number of anilines is 1. The minimum absolute atomic E-state index is 0.106. The maximum atomic E-state index is 13.2. The molecule has 0 aliphatic heterocycles. The summed E-state index contributed by atoms with van der Waals surface area (Å²) < 4.78 is 14.0. The maximum absolute atomic E-state index is 13.2. The van der Waals surface area contributed by atoms with E-state index in [1.54, 1.807) is 6.07 Å². The van der Waals surface area contributed by atoms with Crippen LogP contribution in [-0.4, -0.2) is 11.4 Å². The van der Waals surface area contributed by atoms with Crippen LogP contribution in [0.5, 0.6) is 0 Å². The molecule has 0 spiro atoms. The number of benzene rings is 1. The van der Waals surface area contributed by atoms with Gasteiger partial charge in [0.2, 0.25) is 0 Å². The Labute approximate surface area is 114 Å². The molecule has 3 nitrogen and oxygen atoms in total. The van der Waals surface area contributed by atoms with E-state index in [9.17, 15) is 9.18 Å². The highest BCUT2D eigenvalue weighted by Gasteiger charge is 2.34. The Morgan fingerprint density at radius 2 is 2.21 bits per heavy atom. The second-order valence-electron chi connectivity index (χ2n) is 5.35. The minimum Gasteiger partial charge on any atom is -0.397 e. The average molecular weight is 278 g/mol. The van der Waals surface area contributed by atoms with Gasteiger partial charge in [-0.1, -0.05) is 0 Å². The van der Waals surface area contributed by atoms with Crippen molar-refractivity contribution >= 4 is 33.0 Å². The Morgan fingerprint density at radius 1 is 1.47 bits per heavy atom. The topological polar surface area (TPSA) is 55.1 Å². The maximum Gasteiger partial charge on any atom is 0.263 e. The first-order valence-electron chi connectivity index (χ1n) is 6.29. The molecule has 1 aromatic carbocycles. The summed E-state index contributed by atoms with van der Waals surface area (Å²) in [4.78, 5) is 12.7. The van der Waals surface area contributed by atoms with E-state index in [-0.39, 0.29) is 17.3 Å². The first-order chi connectivity index (χ1) is 8.98. The van der Waals surface area contributed by atoms with Crippen LogP contribution >= 0.6 is 11.3 Å². The standard InChI is InChI=1S/C14H15FN2OS/c1-14(5-2-6-14)17-13(18)12-11(16)9-7-8(15)3-4-10(9)19-12/h3-4,7H,2,5-6,16H2,1H3,(H,17,18). The highest BCUT2D eigenvalue weighted by atomic mass is 32.1. The van der Waals surface area contributed by atoms with Crippen molar-refractivity contribution < 1.29 is 9.18 Å². The van der Waals surface area contributed by atoms with Crippen LogP contribution in [0.1, 0.15) is 35.9 Å². The number of fused-ring (bicyclic) bond motifs is 1. The number of amides is 1. The van der Waals surface area contributed by atoms with Crippen LogP contribution < -0.4 is 11.1 Å². The number of carbonyl (C=O) groups excluding carboxylic acids is 1. The van der Waals surface area contributed by atoms with Gasteiger partial charge in [-0.05, 0) is 44.4 Å². The first kappa shape index (κ1) is 12.4. The van der Waals surface area contributed by atoms with Crippen molar-refractivity contribution in [1.82, 2.24) is 5.32 Å². The summed E-state index contributed by atoms with van der Waals surface area (Å²) in [5, 5.41) is 3.64. The molecular weight excluding hydrogens is 263 g/mol. The fourth-order valence-corrected chi connectivity index (χ4v) is 3.42. The van der Waals surface area contributed by atoms with Gasteiger partial charge in [-0.2, -0.15) is 0 Å². The number of carbonyl (C=O) groups is 1. The van der Waals surface area contributed by atoms with Crippen LogP contribution in [0, 0.1) is 5.82 Å². The van der Waals surface area contributed by atoms with Gasteiger partial charge in [-0.25, -0.2) is 4.39 Å². The molecular formula is C14H15FN2OS. The molecule has 0 bridgehead atoms. The predicted molar refractivity (Wildman–Crippen MR) is 75.9 cm³/mol. The van der Waals surface area contributed by atoms with Crippen LogP contribution in [-0.2, 0) is 0 Å². The minimum atomic E-state index is -0.338. The number of nitrogen functional groups attached to an aromatic ring is 1. The van der Waals surface area contributed by atoms with E-state index in [0.29, 0.717) is 16.0 Å². The van der Waals surface area contributed by atoms with E-state index >= 15 is 0 Å². The first-order valence-corrected chi connectivity index (χ1v) is 7.10. The Balaban J connectivity index is 1.96. The van der Waals surface area contributed by atoms with Gasteiger partial charge in [0.05, 0.1) is 5.69 Å². The molecule has 1 aliphatic rings. The molecule has 1 amide bonds. The van der Waals surface area contributed by atoms with Crippen molar-refractivity contribution in [2.45, 2.75) is 31.7 Å². The largest absolute Gasteiger partial charge is 0.397 e. The molecule has 1 heterocycles. The zero-order valence-corrected chi connectivity index (χ0v) is 11.4. The molecule has 0 saturated heterocycles. The molecule has 0 radical (unpaired) electrons. The second kappa shape index (κ2) is 4.20. The third-order valence-electron chi connectivity index (χ3n) is 3.77. The second-order valence-corrected chi connectivity index (χ2v) is 6.41. The van der Waals surface area contributed by atoms with E-state index in [1.807, 2.05) is 6.92 Å². The Bertz CT molecular complexity index is 661. The molecule has 2 aromatic rings. The van der Waals surface area contributed by atoms with Crippen LogP contribution in [0.3, 0.4) is 0 Å². The normalized spacial score (nSPS) is 17.2. The molecule has 3 N–H and O–H groups in total. The van der Waals surface area contributed by atoms with Crippen molar-refractivity contribution in [3.05, 3.63) is 28.9 Å². The lowest BCUT2D eigenvalue weighted by molar-refractivity contribution is 0.0855. The van der Waals surface area contributed by atoms with Gasteiger partial charge >= 0.3 is 0 Å². The monoisotopic (exact) mass is 278 g/mol. The molecule has 100 valence electrons. The Hall–Kier alpha value is -1.62. The van der Waals surface area contributed by atoms with Crippen molar-refractivity contribution in [3.8, 4) is 0 Å². The summed E-state index contributed by atoms with van der Waals surface area (Å²) in [5.74, 6) is -0.490. The number of rotatable bonds is 2. The van der Waals surface area contributed by atoms with E-state index in [2.05, 4.69) is 5.32 Å². The SMILES string of the molecule is CC1(NC(=O)c2sc3ccc(F)cc3c2N)CCC1. The van der Waals surface area contributed by atoms with E-state index in [1.165, 1.54) is 23.5 Å². The lowest BCUT2D eigenvalue weighted by Crippen LogP contribution is -2.50. The summed E-state index contributed by atoms with van der Waals surface area (Å²) in [6.45, 7) is 2.04. The lowest BCUT2D eigenvalue weighted by Gasteiger charge is -2.39. The zero-order chi connectivity index (χ0) is 13.6. The zero-order valence-electron chi connectivity index (χ0n) is 10.6. The fourth-order valence-electron chi connectivity index (χ4n) is 2.42. The highest BCUT2D eigenvalue weighted by molar-refractivity contribution is 7.21.